The van der Waals surface area contributed by atoms with Crippen LogP contribution in [0.4, 0.5) is 4.39 Å². The fraction of sp³-hybridized carbons (Fsp3) is 0.348. The van der Waals surface area contributed by atoms with Gasteiger partial charge in [-0.2, -0.15) is 0 Å². The van der Waals surface area contributed by atoms with Gasteiger partial charge < -0.3 is 14.6 Å². The van der Waals surface area contributed by atoms with Crippen LogP contribution in [-0.2, 0) is 0 Å². The summed E-state index contributed by atoms with van der Waals surface area (Å²) in [4.78, 5) is 14.8. The molecule has 2 aromatic carbocycles. The number of phenolic OH excluding ortho intramolecular Hbond substituents is 1. The van der Waals surface area contributed by atoms with Gasteiger partial charge in [-0.1, -0.05) is 0 Å². The third-order valence-electron chi connectivity index (χ3n) is 5.26. The van der Waals surface area contributed by atoms with Gasteiger partial charge in [0.2, 0.25) is 0 Å². The first kappa shape index (κ1) is 20.6. The van der Waals surface area contributed by atoms with Crippen molar-refractivity contribution in [1.82, 2.24) is 4.90 Å². The summed E-state index contributed by atoms with van der Waals surface area (Å²) in [6, 6.07) is 12.2. The number of nitrogens with zero attached hydrogens (tertiary/aromatic N) is 1. The lowest BCUT2D eigenvalue weighted by Gasteiger charge is -2.16. The zero-order valence-electron chi connectivity index (χ0n) is 16.8. The van der Waals surface area contributed by atoms with E-state index < -0.39 is 0 Å². The van der Waals surface area contributed by atoms with Crippen molar-refractivity contribution in [1.29, 1.82) is 0 Å². The van der Waals surface area contributed by atoms with E-state index in [0.29, 0.717) is 23.0 Å². The number of thiophene rings is 1. The Labute approximate surface area is 178 Å². The molecule has 158 valence electrons. The molecular formula is C23H24FNO4S. The highest BCUT2D eigenvalue weighted by molar-refractivity contribution is 7.21. The molecule has 7 heteroatoms. The minimum Gasteiger partial charge on any atom is -0.508 e. The first-order valence-electron chi connectivity index (χ1n) is 9.99. The highest BCUT2D eigenvalue weighted by Gasteiger charge is 2.22. The van der Waals surface area contributed by atoms with E-state index in [0.717, 1.165) is 41.9 Å². The van der Waals surface area contributed by atoms with Crippen molar-refractivity contribution < 1.29 is 23.8 Å². The molecule has 0 bridgehead atoms. The molecule has 30 heavy (non-hydrogen) atoms. The maximum absolute atomic E-state index is 12.7. The van der Waals surface area contributed by atoms with Crippen LogP contribution in [0.25, 0.3) is 10.1 Å². The van der Waals surface area contributed by atoms with Crippen LogP contribution in [0.15, 0.2) is 42.5 Å². The number of rotatable bonds is 8. The smallest absolute Gasteiger partial charge is 0.173 e. The zero-order chi connectivity index (χ0) is 21.1. The van der Waals surface area contributed by atoms with Crippen LogP contribution in [-0.4, -0.2) is 48.7 Å². The maximum atomic E-state index is 12.7. The van der Waals surface area contributed by atoms with E-state index in [1.165, 1.54) is 18.3 Å². The Balaban J connectivity index is 1.40. The summed E-state index contributed by atoms with van der Waals surface area (Å²) in [5.74, 6) is 2.08. The number of Topliss-reactive ketones (excluding diaryl/α,β-unsaturated/α-hetero) is 1. The lowest BCUT2D eigenvalue weighted by molar-refractivity contribution is 0.101. The lowest BCUT2D eigenvalue weighted by atomic mass is 10.1. The number of alkyl halides is 1. The highest BCUT2D eigenvalue weighted by Crippen LogP contribution is 2.42. The van der Waals surface area contributed by atoms with E-state index in [-0.39, 0.29) is 24.1 Å². The normalized spacial score (nSPS) is 16.8. The number of fused-ring (bicyclic) bond motifs is 1. The number of ketones is 1. The molecular weight excluding hydrogens is 405 g/mol. The summed E-state index contributed by atoms with van der Waals surface area (Å²) < 4.78 is 25.3. The average molecular weight is 430 g/mol. The number of ether oxygens (including phenoxy) is 2. The fourth-order valence-corrected chi connectivity index (χ4v) is 4.71. The lowest BCUT2D eigenvalue weighted by Crippen LogP contribution is -2.26. The second kappa shape index (κ2) is 9.02. The SMILES string of the molecule is CC(=O)c1sc2cc(O)ccc2c1Oc1ccc(OCCN2CC[C@H](CF)C2)cc1. The molecule has 1 fully saturated rings. The Bertz CT molecular complexity index is 1030. The van der Waals surface area contributed by atoms with E-state index in [9.17, 15) is 14.3 Å². The second-order valence-corrected chi connectivity index (χ2v) is 8.58. The predicted octanol–water partition coefficient (Wildman–Crippen LogP) is 5.27. The third-order valence-corrected chi connectivity index (χ3v) is 6.49. The van der Waals surface area contributed by atoms with E-state index in [1.54, 1.807) is 30.3 Å². The average Bonchev–Trinajstić information content (AvgIpc) is 3.34. The van der Waals surface area contributed by atoms with Gasteiger partial charge in [0, 0.05) is 36.0 Å². The number of halogens is 1. The Morgan fingerprint density at radius 3 is 2.70 bits per heavy atom. The largest absolute Gasteiger partial charge is 0.508 e. The van der Waals surface area contributed by atoms with Gasteiger partial charge in [-0.25, -0.2) is 0 Å². The molecule has 1 saturated heterocycles. The van der Waals surface area contributed by atoms with E-state index in [1.807, 2.05) is 12.1 Å². The van der Waals surface area contributed by atoms with Gasteiger partial charge in [0.15, 0.2) is 11.5 Å². The number of carbonyl (C=O) groups excluding carboxylic acids is 1. The molecule has 0 saturated carbocycles. The van der Waals surface area contributed by atoms with E-state index in [4.69, 9.17) is 9.47 Å². The first-order valence-corrected chi connectivity index (χ1v) is 10.8. The topological polar surface area (TPSA) is 59.0 Å². The Kier molecular flexibility index (Phi) is 6.20. The van der Waals surface area contributed by atoms with Gasteiger partial charge in [-0.15, -0.1) is 11.3 Å². The van der Waals surface area contributed by atoms with Crippen LogP contribution in [0.1, 0.15) is 23.0 Å². The number of carbonyl (C=O) groups is 1. The quantitative estimate of drug-likeness (QED) is 0.494. The van der Waals surface area contributed by atoms with Crippen molar-refractivity contribution >= 4 is 27.2 Å². The highest BCUT2D eigenvalue weighted by atomic mass is 32.1. The summed E-state index contributed by atoms with van der Waals surface area (Å²) >= 11 is 1.31. The molecule has 5 nitrogen and oxygen atoms in total. The molecule has 1 aliphatic rings. The number of hydrogen-bond acceptors (Lipinski definition) is 6. The maximum Gasteiger partial charge on any atom is 0.173 e. The first-order chi connectivity index (χ1) is 14.5. The van der Waals surface area contributed by atoms with Crippen LogP contribution < -0.4 is 9.47 Å². The number of hydrogen-bond donors (Lipinski definition) is 1. The minimum absolute atomic E-state index is 0.0810. The minimum atomic E-state index is -0.245. The molecule has 0 amide bonds. The van der Waals surface area contributed by atoms with Crippen LogP contribution in [0.2, 0.25) is 0 Å². The van der Waals surface area contributed by atoms with Crippen LogP contribution in [0, 0.1) is 5.92 Å². The monoisotopic (exact) mass is 429 g/mol. The number of benzene rings is 2. The molecule has 0 aliphatic carbocycles. The molecule has 0 spiro atoms. The molecule has 0 radical (unpaired) electrons. The van der Waals surface area contributed by atoms with Gasteiger partial charge in [-0.05, 0) is 55.4 Å². The Morgan fingerprint density at radius 1 is 1.23 bits per heavy atom. The van der Waals surface area contributed by atoms with Gasteiger partial charge in [0.25, 0.3) is 0 Å². The predicted molar refractivity (Wildman–Crippen MR) is 116 cm³/mol. The Morgan fingerprint density at radius 2 is 2.00 bits per heavy atom. The van der Waals surface area contributed by atoms with Gasteiger partial charge >= 0.3 is 0 Å². The van der Waals surface area contributed by atoms with Crippen LogP contribution >= 0.6 is 11.3 Å². The van der Waals surface area contributed by atoms with Crippen molar-refractivity contribution in [3.63, 3.8) is 0 Å². The standard InChI is InChI=1S/C23H24FNO4S/c1-15(26)23-22(20-7-2-17(27)12-21(20)30-23)29-19-5-3-18(4-6-19)28-11-10-25-9-8-16(13-24)14-25/h2-7,12,16,27H,8-11,13-14H2,1H3/t16-/m1/s1. The van der Waals surface area contributed by atoms with Gasteiger partial charge in [-0.3, -0.25) is 14.1 Å². The molecule has 4 rings (SSSR count). The van der Waals surface area contributed by atoms with Crippen LogP contribution in [0.3, 0.4) is 0 Å². The van der Waals surface area contributed by atoms with Gasteiger partial charge in [0.05, 0.1) is 6.67 Å². The van der Waals surface area contributed by atoms with Crippen molar-refractivity contribution in [2.45, 2.75) is 13.3 Å². The zero-order valence-corrected chi connectivity index (χ0v) is 17.6. The number of phenols is 1. The summed E-state index contributed by atoms with van der Waals surface area (Å²) in [6.07, 6.45) is 0.918. The second-order valence-electron chi connectivity index (χ2n) is 7.53. The summed E-state index contributed by atoms with van der Waals surface area (Å²) in [7, 11) is 0. The molecule has 0 unspecified atom stereocenters. The van der Waals surface area contributed by atoms with Crippen molar-refractivity contribution in [2.24, 2.45) is 5.92 Å². The van der Waals surface area contributed by atoms with Crippen molar-refractivity contribution in [2.75, 3.05) is 32.9 Å². The van der Waals surface area contributed by atoms with Crippen molar-refractivity contribution in [3.05, 3.63) is 47.3 Å². The van der Waals surface area contributed by atoms with E-state index in [2.05, 4.69) is 4.90 Å². The summed E-state index contributed by atoms with van der Waals surface area (Å²) in [5.41, 5.74) is 0. The molecule has 1 atom stereocenters. The molecule has 1 aliphatic heterocycles. The molecule has 1 N–H and O–H groups in total. The summed E-state index contributed by atoms with van der Waals surface area (Å²) in [5, 5.41) is 10.5. The van der Waals surface area contributed by atoms with Crippen LogP contribution in [0.5, 0.6) is 23.0 Å². The Hall–Kier alpha value is -2.64. The number of likely N-dealkylation sites (tertiary alicyclic amines) is 1. The van der Waals surface area contributed by atoms with Crippen molar-refractivity contribution in [3.8, 4) is 23.0 Å². The molecule has 1 aromatic heterocycles. The number of aromatic hydroxyl groups is 1. The van der Waals surface area contributed by atoms with Gasteiger partial charge in [0.1, 0.15) is 28.7 Å². The molecule has 2 heterocycles. The summed E-state index contributed by atoms with van der Waals surface area (Å²) in [6.45, 7) is 4.32. The fourth-order valence-electron chi connectivity index (χ4n) is 3.65. The molecule has 3 aromatic rings. The van der Waals surface area contributed by atoms with E-state index >= 15 is 0 Å². The third kappa shape index (κ3) is 4.57.